The Morgan fingerprint density at radius 3 is 2.79 bits per heavy atom. The zero-order valence-corrected chi connectivity index (χ0v) is 15.2. The first kappa shape index (κ1) is 17.0. The van der Waals surface area contributed by atoms with Crippen LogP contribution in [0.15, 0.2) is 24.8 Å². The number of ether oxygens (including phenoxy) is 1. The number of nitrogens with zero attached hydrogens (tertiary/aromatic N) is 1. The molecule has 0 aliphatic carbocycles. The summed E-state index contributed by atoms with van der Waals surface area (Å²) in [6.45, 7) is 9.98. The minimum absolute atomic E-state index is 0.203. The van der Waals surface area contributed by atoms with Gasteiger partial charge in [-0.1, -0.05) is 12.1 Å². The number of piperidine rings is 1. The van der Waals surface area contributed by atoms with E-state index in [-0.39, 0.29) is 11.4 Å². The van der Waals surface area contributed by atoms with Crippen molar-refractivity contribution in [3.8, 4) is 5.75 Å². The molecule has 1 spiro atoms. The predicted octanol–water partition coefficient (Wildman–Crippen LogP) is 3.16. The molecule has 1 fully saturated rings. The van der Waals surface area contributed by atoms with Crippen LogP contribution in [0.25, 0.3) is 0 Å². The van der Waals surface area contributed by atoms with Gasteiger partial charge in [0.25, 0.3) is 0 Å². The summed E-state index contributed by atoms with van der Waals surface area (Å²) in [6, 6.07) is 4.04. The van der Waals surface area contributed by atoms with Gasteiger partial charge in [-0.15, -0.1) is 6.58 Å². The number of likely N-dealkylation sites (tertiary alicyclic amines) is 1. The highest BCUT2D eigenvalue weighted by Gasteiger charge is 2.43. The van der Waals surface area contributed by atoms with Gasteiger partial charge in [-0.25, -0.2) is 0 Å². The molecule has 0 saturated carbocycles. The fourth-order valence-corrected chi connectivity index (χ4v) is 3.95. The number of nitrogens with one attached hydrogen (secondary N) is 1. The Kier molecular flexibility index (Phi) is 4.63. The van der Waals surface area contributed by atoms with Gasteiger partial charge in [0.2, 0.25) is 0 Å². The first-order valence-corrected chi connectivity index (χ1v) is 8.82. The highest BCUT2D eigenvalue weighted by Crippen LogP contribution is 2.41. The van der Waals surface area contributed by atoms with Gasteiger partial charge in [-0.2, -0.15) is 0 Å². The molecule has 2 aliphatic heterocycles. The third-order valence-corrected chi connectivity index (χ3v) is 5.29. The second-order valence-electron chi connectivity index (χ2n) is 6.80. The van der Waals surface area contributed by atoms with Crippen LogP contribution in [0.1, 0.15) is 40.7 Å². The highest BCUT2D eigenvalue weighted by molar-refractivity contribution is 7.80. The molecule has 2 aliphatic rings. The molecule has 0 aromatic heterocycles. The molecule has 1 saturated heterocycles. The van der Waals surface area contributed by atoms with Crippen molar-refractivity contribution in [2.24, 2.45) is 0 Å². The normalized spacial score (nSPS) is 18.8. The van der Waals surface area contributed by atoms with Crippen molar-refractivity contribution in [3.63, 3.8) is 0 Å². The van der Waals surface area contributed by atoms with E-state index in [9.17, 15) is 4.79 Å². The number of aryl methyl sites for hydroxylation is 2. The zero-order chi connectivity index (χ0) is 17.3. The SMILES string of the molecule is C=CCNC(=S)N1CCC2(CC1)CC(=O)c1c(C)cc(C)cc1O2. The lowest BCUT2D eigenvalue weighted by atomic mass is 9.81. The molecule has 1 N–H and O–H groups in total. The molecule has 2 heterocycles. The summed E-state index contributed by atoms with van der Waals surface area (Å²) in [4.78, 5) is 14.9. The van der Waals surface area contributed by atoms with Crippen molar-refractivity contribution in [1.29, 1.82) is 0 Å². The monoisotopic (exact) mass is 344 g/mol. The predicted molar refractivity (Wildman–Crippen MR) is 99.8 cm³/mol. The van der Waals surface area contributed by atoms with E-state index in [1.165, 1.54) is 0 Å². The molecule has 0 amide bonds. The summed E-state index contributed by atoms with van der Waals surface area (Å²) < 4.78 is 6.37. The van der Waals surface area contributed by atoms with E-state index >= 15 is 0 Å². The fourth-order valence-electron chi connectivity index (χ4n) is 3.68. The Morgan fingerprint density at radius 1 is 1.42 bits per heavy atom. The number of rotatable bonds is 2. The average molecular weight is 344 g/mol. The number of carbonyl (C=O) groups excluding carboxylic acids is 1. The number of ketones is 1. The molecule has 1 aromatic carbocycles. The quantitative estimate of drug-likeness (QED) is 0.659. The Labute approximate surface area is 148 Å². The molecule has 5 heteroatoms. The van der Waals surface area contributed by atoms with E-state index in [2.05, 4.69) is 16.8 Å². The molecular formula is C19H24N2O2S. The van der Waals surface area contributed by atoms with E-state index in [1.807, 2.05) is 26.0 Å². The molecule has 24 heavy (non-hydrogen) atoms. The standard InChI is InChI=1S/C19H24N2O2S/c1-4-7-20-18(24)21-8-5-19(6-9-21)12-15(22)17-14(3)10-13(2)11-16(17)23-19/h4,10-11H,1,5-9,12H2,2-3H3,(H,20,24). The van der Waals surface area contributed by atoms with Gasteiger partial charge in [0.15, 0.2) is 10.9 Å². The van der Waals surface area contributed by atoms with Crippen LogP contribution in [0, 0.1) is 13.8 Å². The molecule has 3 rings (SSSR count). The molecule has 4 nitrogen and oxygen atoms in total. The number of benzene rings is 1. The number of thiocarbonyl (C=S) groups is 1. The molecule has 0 atom stereocenters. The van der Waals surface area contributed by atoms with Crippen LogP contribution < -0.4 is 10.1 Å². The summed E-state index contributed by atoms with van der Waals surface area (Å²) in [5, 5.41) is 3.91. The van der Waals surface area contributed by atoms with Crippen molar-refractivity contribution < 1.29 is 9.53 Å². The maximum atomic E-state index is 12.7. The minimum Gasteiger partial charge on any atom is -0.486 e. The Morgan fingerprint density at radius 2 is 2.12 bits per heavy atom. The second-order valence-corrected chi connectivity index (χ2v) is 7.19. The van der Waals surface area contributed by atoms with Crippen LogP contribution >= 0.6 is 12.2 Å². The van der Waals surface area contributed by atoms with E-state index in [0.29, 0.717) is 13.0 Å². The van der Waals surface area contributed by atoms with Gasteiger partial charge in [0, 0.05) is 32.5 Å². The Balaban J connectivity index is 1.74. The number of hydrogen-bond donors (Lipinski definition) is 1. The van der Waals surface area contributed by atoms with Crippen molar-refractivity contribution >= 4 is 23.1 Å². The Bertz CT molecular complexity index is 691. The van der Waals surface area contributed by atoms with E-state index < -0.39 is 0 Å². The molecule has 0 radical (unpaired) electrons. The van der Waals surface area contributed by atoms with Crippen LogP contribution in [0.4, 0.5) is 0 Å². The van der Waals surface area contributed by atoms with Crippen molar-refractivity contribution in [2.45, 2.75) is 38.7 Å². The van der Waals surface area contributed by atoms with Gasteiger partial charge in [0.1, 0.15) is 11.4 Å². The summed E-state index contributed by atoms with van der Waals surface area (Å²) in [7, 11) is 0. The van der Waals surface area contributed by atoms with Crippen molar-refractivity contribution in [3.05, 3.63) is 41.5 Å². The number of hydrogen-bond acceptors (Lipinski definition) is 3. The number of carbonyl (C=O) groups is 1. The van der Waals surface area contributed by atoms with E-state index in [0.717, 1.165) is 53.5 Å². The summed E-state index contributed by atoms with van der Waals surface area (Å²) in [5.41, 5.74) is 2.52. The van der Waals surface area contributed by atoms with Crippen molar-refractivity contribution in [2.75, 3.05) is 19.6 Å². The largest absolute Gasteiger partial charge is 0.486 e. The van der Waals surface area contributed by atoms with E-state index in [4.69, 9.17) is 17.0 Å². The fraction of sp³-hybridized carbons (Fsp3) is 0.474. The second kappa shape index (κ2) is 6.55. The lowest BCUT2D eigenvalue weighted by molar-refractivity contribution is 0.00350. The number of fused-ring (bicyclic) bond motifs is 1. The van der Waals surface area contributed by atoms with Crippen LogP contribution in [0.5, 0.6) is 5.75 Å². The molecule has 1 aromatic rings. The lowest BCUT2D eigenvalue weighted by Gasteiger charge is -2.44. The minimum atomic E-state index is -0.380. The average Bonchev–Trinajstić information content (AvgIpc) is 2.52. The van der Waals surface area contributed by atoms with Gasteiger partial charge in [-0.3, -0.25) is 4.79 Å². The molecule has 0 unspecified atom stereocenters. The maximum Gasteiger partial charge on any atom is 0.170 e. The van der Waals surface area contributed by atoms with Gasteiger partial charge in [-0.05, 0) is 43.3 Å². The molecule has 128 valence electrons. The van der Waals surface area contributed by atoms with Gasteiger partial charge in [0.05, 0.1) is 12.0 Å². The van der Waals surface area contributed by atoms with Gasteiger partial charge >= 0.3 is 0 Å². The van der Waals surface area contributed by atoms with Crippen LogP contribution in [-0.2, 0) is 0 Å². The topological polar surface area (TPSA) is 41.6 Å². The third kappa shape index (κ3) is 3.18. The van der Waals surface area contributed by atoms with Gasteiger partial charge < -0.3 is 15.0 Å². The van der Waals surface area contributed by atoms with Crippen LogP contribution in [-0.4, -0.2) is 41.0 Å². The highest BCUT2D eigenvalue weighted by atomic mass is 32.1. The number of Topliss-reactive ketones (excluding diaryl/α,β-unsaturated/α-hetero) is 1. The van der Waals surface area contributed by atoms with E-state index in [1.54, 1.807) is 6.08 Å². The smallest absolute Gasteiger partial charge is 0.170 e. The lowest BCUT2D eigenvalue weighted by Crippen LogP contribution is -2.54. The third-order valence-electron chi connectivity index (χ3n) is 4.89. The van der Waals surface area contributed by atoms with Crippen LogP contribution in [0.3, 0.4) is 0 Å². The molecule has 0 bridgehead atoms. The zero-order valence-electron chi connectivity index (χ0n) is 14.4. The maximum absolute atomic E-state index is 12.7. The first-order chi connectivity index (χ1) is 11.4. The summed E-state index contributed by atoms with van der Waals surface area (Å²) >= 11 is 5.41. The summed E-state index contributed by atoms with van der Waals surface area (Å²) in [5.74, 6) is 0.958. The molecular weight excluding hydrogens is 320 g/mol. The Hall–Kier alpha value is -1.88. The first-order valence-electron chi connectivity index (χ1n) is 8.41. The van der Waals surface area contributed by atoms with Crippen LogP contribution in [0.2, 0.25) is 0 Å². The summed E-state index contributed by atoms with van der Waals surface area (Å²) in [6.07, 6.45) is 3.87. The van der Waals surface area contributed by atoms with Crippen molar-refractivity contribution in [1.82, 2.24) is 10.2 Å².